The first kappa shape index (κ1) is 22.1. The van der Waals surface area contributed by atoms with Crippen LogP contribution in [0.4, 0.5) is 0 Å². The van der Waals surface area contributed by atoms with Crippen LogP contribution in [0.15, 0.2) is 60.7 Å². The second-order valence-electron chi connectivity index (χ2n) is 8.79. The summed E-state index contributed by atoms with van der Waals surface area (Å²) in [5.41, 5.74) is 3.29. The summed E-state index contributed by atoms with van der Waals surface area (Å²) in [5, 5.41) is 14.7. The van der Waals surface area contributed by atoms with Crippen molar-refractivity contribution in [3.63, 3.8) is 0 Å². The number of carbonyl (C=O) groups is 1. The van der Waals surface area contributed by atoms with Crippen molar-refractivity contribution < 1.29 is 14.6 Å². The van der Waals surface area contributed by atoms with Crippen molar-refractivity contribution in [3.05, 3.63) is 77.6 Å². The van der Waals surface area contributed by atoms with Crippen LogP contribution >= 0.6 is 0 Å². The lowest BCUT2D eigenvalue weighted by Gasteiger charge is -2.42. The van der Waals surface area contributed by atoms with E-state index in [0.29, 0.717) is 31.7 Å². The number of benzene rings is 2. The van der Waals surface area contributed by atoms with Crippen molar-refractivity contribution >= 4 is 5.91 Å². The summed E-state index contributed by atoms with van der Waals surface area (Å²) >= 11 is 0. The maximum Gasteiger partial charge on any atom is 0.253 e. The van der Waals surface area contributed by atoms with E-state index in [1.807, 2.05) is 84.1 Å². The van der Waals surface area contributed by atoms with E-state index >= 15 is 0 Å². The van der Waals surface area contributed by atoms with Gasteiger partial charge in [0.1, 0.15) is 5.75 Å². The first-order chi connectivity index (χ1) is 15.5. The van der Waals surface area contributed by atoms with Gasteiger partial charge in [-0.2, -0.15) is 5.10 Å². The summed E-state index contributed by atoms with van der Waals surface area (Å²) in [4.78, 5) is 15.1. The zero-order valence-electron chi connectivity index (χ0n) is 18.8. The minimum Gasteiger partial charge on any atom is -0.494 e. The molecule has 2 heterocycles. The number of piperidine rings is 1. The smallest absolute Gasteiger partial charge is 0.253 e. The van der Waals surface area contributed by atoms with Crippen molar-refractivity contribution in [3.8, 4) is 11.4 Å². The Morgan fingerprint density at radius 3 is 2.53 bits per heavy atom. The topological polar surface area (TPSA) is 67.6 Å². The third-order valence-corrected chi connectivity index (χ3v) is 6.30. The lowest BCUT2D eigenvalue weighted by atomic mass is 9.78. The Morgan fingerprint density at radius 1 is 1.12 bits per heavy atom. The number of para-hydroxylation sites is 1. The second kappa shape index (κ2) is 9.57. The van der Waals surface area contributed by atoms with Gasteiger partial charge in [0.05, 0.1) is 24.6 Å². The summed E-state index contributed by atoms with van der Waals surface area (Å²) in [6.45, 7) is 5.80. The van der Waals surface area contributed by atoms with E-state index in [9.17, 15) is 9.90 Å². The molecule has 6 nitrogen and oxygen atoms in total. The molecule has 0 aliphatic carbocycles. The third kappa shape index (κ3) is 4.86. The van der Waals surface area contributed by atoms with Crippen LogP contribution in [-0.2, 0) is 0 Å². The second-order valence-corrected chi connectivity index (χ2v) is 8.79. The molecular weight excluding hydrogens is 402 g/mol. The number of aliphatic hydroxyl groups excluding tert-OH is 1. The molecule has 2 aromatic carbocycles. The number of rotatable bonds is 7. The van der Waals surface area contributed by atoms with Crippen LogP contribution in [0.25, 0.3) is 5.69 Å². The molecule has 0 saturated carbocycles. The molecule has 0 radical (unpaired) electrons. The molecule has 1 fully saturated rings. The molecule has 1 atom stereocenters. The molecule has 168 valence electrons. The number of aliphatic hydroxyl groups is 1. The van der Waals surface area contributed by atoms with Gasteiger partial charge in [0.25, 0.3) is 5.91 Å². The maximum absolute atomic E-state index is 13.2. The Morgan fingerprint density at radius 2 is 1.88 bits per heavy atom. The van der Waals surface area contributed by atoms with Crippen molar-refractivity contribution in [2.75, 3.05) is 26.3 Å². The number of aryl methyl sites for hydroxylation is 2. The number of hydrogen-bond acceptors (Lipinski definition) is 4. The molecule has 6 heteroatoms. The fraction of sp³-hybridized carbons (Fsp3) is 0.385. The highest BCUT2D eigenvalue weighted by Gasteiger charge is 2.37. The highest BCUT2D eigenvalue weighted by atomic mass is 16.5. The van der Waals surface area contributed by atoms with Crippen LogP contribution in [0.5, 0.6) is 5.75 Å². The van der Waals surface area contributed by atoms with E-state index in [-0.39, 0.29) is 17.9 Å². The molecule has 0 bridgehead atoms. The third-order valence-electron chi connectivity index (χ3n) is 6.30. The molecule has 1 aliphatic rings. The van der Waals surface area contributed by atoms with Gasteiger partial charge >= 0.3 is 0 Å². The standard InChI is InChI=1S/C26H31N3O3/c1-20-17-21(2)29(27-20)23-11-9-22(10-12-23)25(31)28-15-6-13-26(18-28,19-30)14-16-32-24-7-4-3-5-8-24/h3-5,7-12,17,30H,6,13-16,18-19H2,1-2H3/t26-/m1/s1. The number of amides is 1. The number of ether oxygens (including phenoxy) is 1. The van der Waals surface area contributed by atoms with Crippen molar-refractivity contribution in [2.45, 2.75) is 33.1 Å². The van der Waals surface area contributed by atoms with Gasteiger partial charge in [-0.05, 0) is 75.6 Å². The molecule has 1 saturated heterocycles. The largest absolute Gasteiger partial charge is 0.494 e. The summed E-state index contributed by atoms with van der Waals surface area (Å²) in [6.07, 6.45) is 2.48. The Bertz CT molecular complexity index is 1050. The van der Waals surface area contributed by atoms with Gasteiger partial charge in [0.15, 0.2) is 0 Å². The first-order valence-corrected chi connectivity index (χ1v) is 11.2. The van der Waals surface area contributed by atoms with E-state index in [4.69, 9.17) is 4.74 Å². The lowest BCUT2D eigenvalue weighted by molar-refractivity contribution is 0.0156. The minimum atomic E-state index is -0.327. The highest BCUT2D eigenvalue weighted by Crippen LogP contribution is 2.34. The van der Waals surface area contributed by atoms with E-state index in [0.717, 1.165) is 35.7 Å². The van der Waals surface area contributed by atoms with E-state index in [1.165, 1.54) is 0 Å². The van der Waals surface area contributed by atoms with Gasteiger partial charge in [-0.15, -0.1) is 0 Å². The van der Waals surface area contributed by atoms with E-state index < -0.39 is 0 Å². The molecular formula is C26H31N3O3. The van der Waals surface area contributed by atoms with Gasteiger partial charge in [-0.1, -0.05) is 18.2 Å². The van der Waals surface area contributed by atoms with Gasteiger partial charge in [0.2, 0.25) is 0 Å². The molecule has 1 aliphatic heterocycles. The molecule has 32 heavy (non-hydrogen) atoms. The Hall–Kier alpha value is -3.12. The summed E-state index contributed by atoms with van der Waals surface area (Å²) < 4.78 is 7.74. The summed E-state index contributed by atoms with van der Waals surface area (Å²) in [6, 6.07) is 19.3. The Balaban J connectivity index is 1.41. The molecule has 0 spiro atoms. The van der Waals surface area contributed by atoms with Crippen LogP contribution in [0.2, 0.25) is 0 Å². The number of hydrogen-bond donors (Lipinski definition) is 1. The summed E-state index contributed by atoms with van der Waals surface area (Å²) in [7, 11) is 0. The number of likely N-dealkylation sites (tertiary alicyclic amines) is 1. The van der Waals surface area contributed by atoms with Gasteiger partial charge in [0, 0.05) is 29.8 Å². The molecule has 3 aromatic rings. The SMILES string of the molecule is Cc1cc(C)n(-c2ccc(C(=O)N3CCC[C@@](CO)(CCOc4ccccc4)C3)cc2)n1. The van der Waals surface area contributed by atoms with E-state index in [1.54, 1.807) is 0 Å². The molecule has 1 N–H and O–H groups in total. The van der Waals surface area contributed by atoms with Crippen LogP contribution < -0.4 is 4.74 Å². The monoisotopic (exact) mass is 433 g/mol. The van der Waals surface area contributed by atoms with Crippen LogP contribution in [0.3, 0.4) is 0 Å². The van der Waals surface area contributed by atoms with E-state index in [2.05, 4.69) is 5.10 Å². The molecule has 0 unspecified atom stereocenters. The summed E-state index contributed by atoms with van der Waals surface area (Å²) in [5.74, 6) is 0.832. The van der Waals surface area contributed by atoms with Crippen LogP contribution in [0.1, 0.15) is 41.0 Å². The number of aromatic nitrogens is 2. The van der Waals surface area contributed by atoms with Gasteiger partial charge in [-0.25, -0.2) is 4.68 Å². The lowest BCUT2D eigenvalue weighted by Crippen LogP contribution is -2.48. The quantitative estimate of drug-likeness (QED) is 0.607. The average molecular weight is 434 g/mol. The molecule has 1 amide bonds. The Labute approximate surface area is 189 Å². The highest BCUT2D eigenvalue weighted by molar-refractivity contribution is 5.94. The van der Waals surface area contributed by atoms with Crippen molar-refractivity contribution in [1.29, 1.82) is 0 Å². The van der Waals surface area contributed by atoms with Crippen LogP contribution in [0, 0.1) is 19.3 Å². The Kier molecular flexibility index (Phi) is 6.61. The minimum absolute atomic E-state index is 0.00594. The zero-order valence-corrected chi connectivity index (χ0v) is 18.8. The van der Waals surface area contributed by atoms with Crippen LogP contribution in [-0.4, -0.2) is 52.0 Å². The number of nitrogens with zero attached hydrogens (tertiary/aromatic N) is 3. The van der Waals surface area contributed by atoms with Gasteiger partial charge < -0.3 is 14.7 Å². The van der Waals surface area contributed by atoms with Gasteiger partial charge in [-0.3, -0.25) is 4.79 Å². The fourth-order valence-corrected chi connectivity index (χ4v) is 4.51. The number of carbonyl (C=O) groups excluding carboxylic acids is 1. The fourth-order valence-electron chi connectivity index (χ4n) is 4.51. The maximum atomic E-state index is 13.2. The zero-order chi connectivity index (χ0) is 22.6. The predicted octanol–water partition coefficient (Wildman–Crippen LogP) is 4.17. The molecule has 4 rings (SSSR count). The normalized spacial score (nSPS) is 18.5. The first-order valence-electron chi connectivity index (χ1n) is 11.2. The average Bonchev–Trinajstić information content (AvgIpc) is 3.17. The van der Waals surface area contributed by atoms with Crippen molar-refractivity contribution in [2.24, 2.45) is 5.41 Å². The van der Waals surface area contributed by atoms with Crippen molar-refractivity contribution in [1.82, 2.24) is 14.7 Å². The predicted molar refractivity (Wildman–Crippen MR) is 124 cm³/mol. The molecule has 1 aromatic heterocycles.